The van der Waals surface area contributed by atoms with Crippen LogP contribution in [-0.2, 0) is 16.1 Å². The first-order chi connectivity index (χ1) is 9.73. The van der Waals surface area contributed by atoms with Crippen molar-refractivity contribution in [3.8, 4) is 0 Å². The van der Waals surface area contributed by atoms with Crippen molar-refractivity contribution in [3.63, 3.8) is 0 Å². The molecule has 1 aromatic carbocycles. The Hall–Kier alpha value is -1.39. The van der Waals surface area contributed by atoms with Crippen molar-refractivity contribution in [1.82, 2.24) is 10.6 Å². The number of benzene rings is 1. The molecule has 2 unspecified atom stereocenters. The third-order valence-electron chi connectivity index (χ3n) is 4.28. The number of carbonyl (C=O) groups excluding carboxylic acids is 1. The van der Waals surface area contributed by atoms with E-state index in [0.29, 0.717) is 6.54 Å². The first-order valence-corrected chi connectivity index (χ1v) is 7.31. The van der Waals surface area contributed by atoms with E-state index in [1.165, 1.54) is 12.7 Å². The van der Waals surface area contributed by atoms with Gasteiger partial charge >= 0.3 is 5.97 Å². The SMILES string of the molecule is CCC1CNCCC1(NCc1ccccc1)C(=O)OC. The number of ether oxygens (including phenoxy) is 1. The van der Waals surface area contributed by atoms with Crippen LogP contribution in [0.1, 0.15) is 25.3 Å². The van der Waals surface area contributed by atoms with Gasteiger partial charge < -0.3 is 10.1 Å². The number of rotatable bonds is 5. The van der Waals surface area contributed by atoms with Crippen molar-refractivity contribution >= 4 is 5.97 Å². The van der Waals surface area contributed by atoms with E-state index < -0.39 is 5.54 Å². The smallest absolute Gasteiger partial charge is 0.326 e. The average molecular weight is 276 g/mol. The summed E-state index contributed by atoms with van der Waals surface area (Å²) in [6, 6.07) is 10.2. The molecule has 1 aromatic rings. The molecule has 4 heteroatoms. The Balaban J connectivity index is 2.16. The van der Waals surface area contributed by atoms with E-state index in [-0.39, 0.29) is 11.9 Å². The summed E-state index contributed by atoms with van der Waals surface area (Å²) in [5.74, 6) is 0.120. The lowest BCUT2D eigenvalue weighted by atomic mass is 9.76. The van der Waals surface area contributed by atoms with Crippen LogP contribution in [0.3, 0.4) is 0 Å². The van der Waals surface area contributed by atoms with Gasteiger partial charge in [-0.25, -0.2) is 0 Å². The van der Waals surface area contributed by atoms with E-state index in [1.54, 1.807) is 0 Å². The van der Waals surface area contributed by atoms with E-state index in [1.807, 2.05) is 18.2 Å². The fourth-order valence-electron chi connectivity index (χ4n) is 3.04. The van der Waals surface area contributed by atoms with Crippen molar-refractivity contribution in [2.24, 2.45) is 5.92 Å². The Morgan fingerprint density at radius 1 is 1.45 bits per heavy atom. The molecule has 0 amide bonds. The maximum atomic E-state index is 12.4. The minimum atomic E-state index is -0.565. The predicted octanol–water partition coefficient (Wildman–Crippen LogP) is 1.71. The minimum absolute atomic E-state index is 0.137. The highest BCUT2D eigenvalue weighted by atomic mass is 16.5. The van der Waals surface area contributed by atoms with Gasteiger partial charge in [-0.05, 0) is 24.9 Å². The van der Waals surface area contributed by atoms with Gasteiger partial charge in [0.2, 0.25) is 0 Å². The van der Waals surface area contributed by atoms with E-state index in [0.717, 1.165) is 25.9 Å². The highest BCUT2D eigenvalue weighted by Gasteiger charge is 2.46. The maximum Gasteiger partial charge on any atom is 0.326 e. The van der Waals surface area contributed by atoms with Crippen LogP contribution >= 0.6 is 0 Å². The number of piperidine rings is 1. The second-order valence-electron chi connectivity index (χ2n) is 5.36. The number of hydrogen-bond donors (Lipinski definition) is 2. The molecule has 1 aliphatic rings. The van der Waals surface area contributed by atoms with Crippen LogP contribution in [0, 0.1) is 5.92 Å². The van der Waals surface area contributed by atoms with Gasteiger partial charge in [-0.2, -0.15) is 0 Å². The molecular formula is C16H24N2O2. The predicted molar refractivity (Wildman–Crippen MR) is 79.3 cm³/mol. The van der Waals surface area contributed by atoms with Gasteiger partial charge in [0.25, 0.3) is 0 Å². The van der Waals surface area contributed by atoms with Crippen molar-refractivity contribution in [2.45, 2.75) is 31.8 Å². The molecule has 0 bridgehead atoms. The molecule has 20 heavy (non-hydrogen) atoms. The molecule has 0 spiro atoms. The maximum absolute atomic E-state index is 12.4. The highest BCUT2D eigenvalue weighted by Crippen LogP contribution is 2.29. The molecular weight excluding hydrogens is 252 g/mol. The zero-order chi connectivity index (χ0) is 14.4. The van der Waals surface area contributed by atoms with Crippen LogP contribution in [0.25, 0.3) is 0 Å². The zero-order valence-electron chi connectivity index (χ0n) is 12.3. The first kappa shape index (κ1) is 15.0. The van der Waals surface area contributed by atoms with Crippen LogP contribution in [0.15, 0.2) is 30.3 Å². The Labute approximate surface area is 120 Å². The average Bonchev–Trinajstić information content (AvgIpc) is 2.53. The van der Waals surface area contributed by atoms with Gasteiger partial charge in [0, 0.05) is 19.0 Å². The first-order valence-electron chi connectivity index (χ1n) is 7.31. The monoisotopic (exact) mass is 276 g/mol. The highest BCUT2D eigenvalue weighted by molar-refractivity contribution is 5.81. The Morgan fingerprint density at radius 2 is 2.20 bits per heavy atom. The summed E-state index contributed by atoms with van der Waals surface area (Å²) in [5, 5.41) is 6.86. The van der Waals surface area contributed by atoms with Crippen LogP contribution in [-0.4, -0.2) is 31.7 Å². The summed E-state index contributed by atoms with van der Waals surface area (Å²) < 4.78 is 5.08. The summed E-state index contributed by atoms with van der Waals surface area (Å²) in [5.41, 5.74) is 0.620. The van der Waals surface area contributed by atoms with Crippen LogP contribution in [0.2, 0.25) is 0 Å². The van der Waals surface area contributed by atoms with Crippen LogP contribution < -0.4 is 10.6 Å². The molecule has 4 nitrogen and oxygen atoms in total. The lowest BCUT2D eigenvalue weighted by molar-refractivity contribution is -0.153. The third-order valence-corrected chi connectivity index (χ3v) is 4.28. The topological polar surface area (TPSA) is 50.4 Å². The molecule has 1 aliphatic heterocycles. The molecule has 0 saturated carbocycles. The number of methoxy groups -OCH3 is 1. The molecule has 1 saturated heterocycles. The van der Waals surface area contributed by atoms with E-state index in [2.05, 4.69) is 29.7 Å². The van der Waals surface area contributed by atoms with Gasteiger partial charge in [0.1, 0.15) is 5.54 Å². The lowest BCUT2D eigenvalue weighted by Gasteiger charge is -2.42. The molecule has 1 fully saturated rings. The van der Waals surface area contributed by atoms with E-state index in [4.69, 9.17) is 4.74 Å². The molecule has 0 aliphatic carbocycles. The number of nitrogens with one attached hydrogen (secondary N) is 2. The fourth-order valence-corrected chi connectivity index (χ4v) is 3.04. The van der Waals surface area contributed by atoms with Gasteiger partial charge in [-0.1, -0.05) is 37.3 Å². The van der Waals surface area contributed by atoms with Crippen LogP contribution in [0.4, 0.5) is 0 Å². The van der Waals surface area contributed by atoms with Crippen LogP contribution in [0.5, 0.6) is 0 Å². The molecule has 2 rings (SSSR count). The standard InChI is InChI=1S/C16H24N2O2/c1-3-14-12-17-10-9-16(14,15(19)20-2)18-11-13-7-5-4-6-8-13/h4-8,14,17-18H,3,9-12H2,1-2H3. The summed E-state index contributed by atoms with van der Waals surface area (Å²) in [6.45, 7) is 4.51. The van der Waals surface area contributed by atoms with Gasteiger partial charge in [0.05, 0.1) is 7.11 Å². The molecule has 110 valence electrons. The Kier molecular flexibility index (Phi) is 5.15. The number of hydrogen-bond acceptors (Lipinski definition) is 4. The Morgan fingerprint density at radius 3 is 2.85 bits per heavy atom. The number of carbonyl (C=O) groups is 1. The summed E-state index contributed by atoms with van der Waals surface area (Å²) in [6.07, 6.45) is 1.72. The van der Waals surface area contributed by atoms with Gasteiger partial charge in [-0.15, -0.1) is 0 Å². The molecule has 0 radical (unpaired) electrons. The second-order valence-corrected chi connectivity index (χ2v) is 5.36. The zero-order valence-corrected chi connectivity index (χ0v) is 12.3. The summed E-state index contributed by atoms with van der Waals surface area (Å²) in [7, 11) is 1.48. The quantitative estimate of drug-likeness (QED) is 0.804. The minimum Gasteiger partial charge on any atom is -0.468 e. The van der Waals surface area contributed by atoms with Gasteiger partial charge in [0.15, 0.2) is 0 Å². The molecule has 0 aromatic heterocycles. The summed E-state index contributed by atoms with van der Waals surface area (Å²) in [4.78, 5) is 12.4. The van der Waals surface area contributed by atoms with E-state index in [9.17, 15) is 4.79 Å². The normalized spacial score (nSPS) is 26.2. The van der Waals surface area contributed by atoms with Crippen molar-refractivity contribution in [2.75, 3.05) is 20.2 Å². The third kappa shape index (κ3) is 3.02. The summed E-state index contributed by atoms with van der Waals surface area (Å²) >= 11 is 0. The van der Waals surface area contributed by atoms with Gasteiger partial charge in [-0.3, -0.25) is 10.1 Å². The molecule has 1 heterocycles. The van der Waals surface area contributed by atoms with Crippen molar-refractivity contribution in [3.05, 3.63) is 35.9 Å². The molecule has 2 atom stereocenters. The number of esters is 1. The van der Waals surface area contributed by atoms with E-state index >= 15 is 0 Å². The van der Waals surface area contributed by atoms with Crippen molar-refractivity contribution < 1.29 is 9.53 Å². The van der Waals surface area contributed by atoms with Crippen molar-refractivity contribution in [1.29, 1.82) is 0 Å². The Bertz CT molecular complexity index is 435. The fraction of sp³-hybridized carbons (Fsp3) is 0.562. The largest absolute Gasteiger partial charge is 0.468 e. The molecule has 2 N–H and O–H groups in total. The second kappa shape index (κ2) is 6.86. The lowest BCUT2D eigenvalue weighted by Crippen LogP contribution is -2.63.